The minimum Gasteiger partial charge on any atom is -0.349 e. The molecule has 1 saturated carbocycles. The van der Waals surface area contributed by atoms with Crippen molar-refractivity contribution in [3.05, 3.63) is 34.9 Å². The van der Waals surface area contributed by atoms with Gasteiger partial charge in [0.1, 0.15) is 0 Å². The van der Waals surface area contributed by atoms with Gasteiger partial charge in [0.2, 0.25) is 5.91 Å². The molecular formula is C15H20ClNO. The lowest BCUT2D eigenvalue weighted by Crippen LogP contribution is -2.34. The fourth-order valence-electron chi connectivity index (χ4n) is 2.63. The smallest absolute Gasteiger partial charge is 0.226 e. The van der Waals surface area contributed by atoms with Crippen molar-refractivity contribution in [2.24, 2.45) is 11.3 Å². The second kappa shape index (κ2) is 4.93. The molecule has 0 radical (unpaired) electrons. The molecule has 1 N–H and O–H groups in total. The number of rotatable bonds is 4. The number of hydrogen-bond acceptors (Lipinski definition) is 1. The van der Waals surface area contributed by atoms with Crippen molar-refractivity contribution >= 4 is 17.5 Å². The Morgan fingerprint density at radius 1 is 1.50 bits per heavy atom. The van der Waals surface area contributed by atoms with E-state index >= 15 is 0 Å². The molecule has 2 rings (SSSR count). The summed E-state index contributed by atoms with van der Waals surface area (Å²) < 4.78 is 0. The van der Waals surface area contributed by atoms with Crippen molar-refractivity contribution in [3.63, 3.8) is 0 Å². The molecule has 1 aromatic carbocycles. The number of carbonyl (C=O) groups is 1. The summed E-state index contributed by atoms with van der Waals surface area (Å²) in [6.07, 6.45) is 1.94. The molecule has 1 aromatic rings. The van der Waals surface area contributed by atoms with Crippen LogP contribution in [0.5, 0.6) is 0 Å². The zero-order chi connectivity index (χ0) is 13.3. The summed E-state index contributed by atoms with van der Waals surface area (Å²) in [6, 6.07) is 7.67. The number of benzene rings is 1. The van der Waals surface area contributed by atoms with Gasteiger partial charge in [-0.25, -0.2) is 0 Å². The maximum atomic E-state index is 12.3. The van der Waals surface area contributed by atoms with Crippen LogP contribution in [0.2, 0.25) is 5.02 Å². The molecule has 0 heterocycles. The monoisotopic (exact) mass is 265 g/mol. The molecule has 98 valence electrons. The van der Waals surface area contributed by atoms with Crippen LogP contribution in [0.25, 0.3) is 0 Å². The summed E-state index contributed by atoms with van der Waals surface area (Å²) in [4.78, 5) is 12.3. The Morgan fingerprint density at radius 2 is 2.06 bits per heavy atom. The number of carbonyl (C=O) groups excluding carboxylic acids is 1. The average molecular weight is 266 g/mol. The van der Waals surface area contributed by atoms with Gasteiger partial charge in [0.05, 0.1) is 11.5 Å². The van der Waals surface area contributed by atoms with Gasteiger partial charge < -0.3 is 5.32 Å². The van der Waals surface area contributed by atoms with Crippen LogP contribution in [0.4, 0.5) is 0 Å². The second-order valence-corrected chi connectivity index (χ2v) is 5.80. The molecular weight excluding hydrogens is 246 g/mol. The molecule has 2 unspecified atom stereocenters. The molecule has 1 aliphatic carbocycles. The van der Waals surface area contributed by atoms with E-state index in [2.05, 4.69) is 19.2 Å². The van der Waals surface area contributed by atoms with Crippen LogP contribution in [-0.2, 0) is 4.79 Å². The first-order chi connectivity index (χ1) is 8.49. The highest BCUT2D eigenvalue weighted by atomic mass is 35.5. The zero-order valence-corrected chi connectivity index (χ0v) is 11.9. The number of nitrogens with one attached hydrogen (secondary N) is 1. The van der Waals surface area contributed by atoms with E-state index in [0.717, 1.165) is 23.4 Å². The highest BCUT2D eigenvalue weighted by molar-refractivity contribution is 6.30. The standard InChI is InChI=1S/C15H20ClNO/c1-4-15(9-10(15)2)14(18)17-11(3)12-5-7-13(16)8-6-12/h5-8,10-11H,4,9H2,1-3H3,(H,17,18)/t10?,11-,15?/m1/s1. The van der Waals surface area contributed by atoms with Crippen molar-refractivity contribution in [1.29, 1.82) is 0 Å². The Hall–Kier alpha value is -1.02. The predicted octanol–water partition coefficient (Wildman–Crippen LogP) is 3.95. The summed E-state index contributed by atoms with van der Waals surface area (Å²) in [6.45, 7) is 6.25. The average Bonchev–Trinajstić information content (AvgIpc) is 3.02. The van der Waals surface area contributed by atoms with Crippen molar-refractivity contribution in [2.75, 3.05) is 0 Å². The molecule has 0 saturated heterocycles. The number of halogens is 1. The van der Waals surface area contributed by atoms with Gasteiger partial charge in [-0.05, 0) is 43.4 Å². The largest absolute Gasteiger partial charge is 0.349 e. The number of amides is 1. The third-order valence-electron chi connectivity index (χ3n) is 4.25. The van der Waals surface area contributed by atoms with E-state index in [9.17, 15) is 4.79 Å². The van der Waals surface area contributed by atoms with Gasteiger partial charge in [-0.1, -0.05) is 37.6 Å². The van der Waals surface area contributed by atoms with Gasteiger partial charge in [-0.3, -0.25) is 4.79 Å². The lowest BCUT2D eigenvalue weighted by Gasteiger charge is -2.19. The van der Waals surface area contributed by atoms with Crippen LogP contribution in [-0.4, -0.2) is 5.91 Å². The minimum atomic E-state index is -0.110. The van der Waals surface area contributed by atoms with Gasteiger partial charge in [-0.2, -0.15) is 0 Å². The lowest BCUT2D eigenvalue weighted by atomic mass is 9.98. The fourth-order valence-corrected chi connectivity index (χ4v) is 2.76. The molecule has 0 bridgehead atoms. The molecule has 2 nitrogen and oxygen atoms in total. The topological polar surface area (TPSA) is 29.1 Å². The summed E-state index contributed by atoms with van der Waals surface area (Å²) in [5.41, 5.74) is 0.980. The van der Waals surface area contributed by atoms with E-state index in [1.54, 1.807) is 0 Å². The van der Waals surface area contributed by atoms with E-state index in [1.807, 2.05) is 31.2 Å². The van der Waals surface area contributed by atoms with Crippen molar-refractivity contribution in [3.8, 4) is 0 Å². The zero-order valence-electron chi connectivity index (χ0n) is 11.2. The fraction of sp³-hybridized carbons (Fsp3) is 0.533. The van der Waals surface area contributed by atoms with Gasteiger partial charge in [0.25, 0.3) is 0 Å². The quantitative estimate of drug-likeness (QED) is 0.877. The molecule has 0 spiro atoms. The van der Waals surface area contributed by atoms with Gasteiger partial charge in [0, 0.05) is 5.02 Å². The highest BCUT2D eigenvalue weighted by Crippen LogP contribution is 2.55. The SMILES string of the molecule is CCC1(C(=O)N[C@H](C)c2ccc(Cl)cc2)CC1C. The minimum absolute atomic E-state index is 0.0333. The van der Waals surface area contributed by atoms with E-state index in [-0.39, 0.29) is 17.4 Å². The van der Waals surface area contributed by atoms with Crippen LogP contribution in [0, 0.1) is 11.3 Å². The first-order valence-corrected chi connectivity index (χ1v) is 6.94. The molecule has 1 fully saturated rings. The third kappa shape index (κ3) is 2.39. The Morgan fingerprint density at radius 3 is 2.50 bits per heavy atom. The van der Waals surface area contributed by atoms with Crippen molar-refractivity contribution in [2.45, 2.75) is 39.7 Å². The van der Waals surface area contributed by atoms with E-state index in [0.29, 0.717) is 5.92 Å². The highest BCUT2D eigenvalue weighted by Gasteiger charge is 2.55. The van der Waals surface area contributed by atoms with Crippen LogP contribution in [0.3, 0.4) is 0 Å². The van der Waals surface area contributed by atoms with Gasteiger partial charge in [-0.15, -0.1) is 0 Å². The molecule has 0 aromatic heterocycles. The Labute approximate surface area is 114 Å². The first-order valence-electron chi connectivity index (χ1n) is 6.56. The maximum absolute atomic E-state index is 12.3. The Kier molecular flexibility index (Phi) is 3.67. The van der Waals surface area contributed by atoms with Crippen LogP contribution < -0.4 is 5.32 Å². The molecule has 1 aliphatic rings. The molecule has 1 amide bonds. The van der Waals surface area contributed by atoms with E-state index in [1.165, 1.54) is 0 Å². The third-order valence-corrected chi connectivity index (χ3v) is 4.51. The van der Waals surface area contributed by atoms with Crippen LogP contribution in [0.15, 0.2) is 24.3 Å². The molecule has 18 heavy (non-hydrogen) atoms. The summed E-state index contributed by atoms with van der Waals surface area (Å²) in [7, 11) is 0. The molecule has 3 heteroatoms. The summed E-state index contributed by atoms with van der Waals surface area (Å²) >= 11 is 5.86. The lowest BCUT2D eigenvalue weighted by molar-refractivity contribution is -0.127. The number of hydrogen-bond donors (Lipinski definition) is 1. The summed E-state index contributed by atoms with van der Waals surface area (Å²) in [5.74, 6) is 0.708. The van der Waals surface area contributed by atoms with E-state index in [4.69, 9.17) is 11.6 Å². The Bertz CT molecular complexity index is 438. The van der Waals surface area contributed by atoms with Crippen molar-refractivity contribution in [1.82, 2.24) is 5.32 Å². The van der Waals surface area contributed by atoms with Crippen LogP contribution >= 0.6 is 11.6 Å². The Balaban J connectivity index is 2.01. The van der Waals surface area contributed by atoms with Gasteiger partial charge in [0.15, 0.2) is 0 Å². The first kappa shape index (κ1) is 13.4. The normalized spacial score (nSPS) is 27.7. The second-order valence-electron chi connectivity index (χ2n) is 5.36. The van der Waals surface area contributed by atoms with Crippen LogP contribution in [0.1, 0.15) is 45.2 Å². The van der Waals surface area contributed by atoms with E-state index < -0.39 is 0 Å². The maximum Gasteiger partial charge on any atom is 0.226 e. The molecule has 3 atom stereocenters. The predicted molar refractivity (Wildman–Crippen MR) is 74.5 cm³/mol. The molecule has 0 aliphatic heterocycles. The van der Waals surface area contributed by atoms with Crippen molar-refractivity contribution < 1.29 is 4.79 Å². The summed E-state index contributed by atoms with van der Waals surface area (Å²) in [5, 5.41) is 3.84. The van der Waals surface area contributed by atoms with Gasteiger partial charge >= 0.3 is 0 Å².